The summed E-state index contributed by atoms with van der Waals surface area (Å²) in [4.78, 5) is 11.9. The molecule has 0 bridgehead atoms. The Morgan fingerprint density at radius 3 is 2.67 bits per heavy atom. The van der Waals surface area contributed by atoms with E-state index in [-0.39, 0.29) is 12.5 Å². The molecule has 0 aromatic heterocycles. The summed E-state index contributed by atoms with van der Waals surface area (Å²) in [5.41, 5.74) is 9.01. The second-order valence-corrected chi connectivity index (χ2v) is 5.64. The minimum Gasteiger partial charge on any atom is -0.484 e. The summed E-state index contributed by atoms with van der Waals surface area (Å²) in [6, 6.07) is 11.1. The Morgan fingerprint density at radius 2 is 2.00 bits per heavy atom. The number of anilines is 2. The second kappa shape index (κ2) is 6.63. The molecule has 110 valence electrons. The van der Waals surface area contributed by atoms with Gasteiger partial charge in [0.1, 0.15) is 5.75 Å². The fraction of sp³-hybridized carbons (Fsp3) is 0.188. The summed E-state index contributed by atoms with van der Waals surface area (Å²) in [5, 5.41) is 2.78. The van der Waals surface area contributed by atoms with Crippen molar-refractivity contribution in [3.05, 3.63) is 52.0 Å². The maximum Gasteiger partial charge on any atom is 0.262 e. The molecular weight excluding hydrogens is 332 g/mol. The highest BCUT2D eigenvalue weighted by atomic mass is 79.9. The minimum atomic E-state index is -0.239. The molecule has 0 atom stereocenters. The zero-order chi connectivity index (χ0) is 15.4. The van der Waals surface area contributed by atoms with Gasteiger partial charge in [0.05, 0.1) is 11.4 Å². The Balaban J connectivity index is 1.97. The first-order valence-electron chi connectivity index (χ1n) is 6.51. The normalized spacial score (nSPS) is 10.2. The Bertz CT molecular complexity index is 651. The van der Waals surface area contributed by atoms with Crippen LogP contribution in [0.1, 0.15) is 11.1 Å². The molecule has 2 aromatic carbocycles. The number of hydrogen-bond donors (Lipinski definition) is 2. The maximum absolute atomic E-state index is 11.9. The third kappa shape index (κ3) is 3.98. The van der Waals surface area contributed by atoms with E-state index in [1.165, 1.54) is 0 Å². The van der Waals surface area contributed by atoms with Gasteiger partial charge in [-0.2, -0.15) is 0 Å². The number of nitrogens with one attached hydrogen (secondary N) is 1. The Hall–Kier alpha value is -2.01. The van der Waals surface area contributed by atoms with Crippen LogP contribution >= 0.6 is 15.9 Å². The molecule has 0 heterocycles. The molecule has 5 heteroatoms. The van der Waals surface area contributed by atoms with E-state index in [1.807, 2.05) is 44.2 Å². The minimum absolute atomic E-state index is 0.0607. The number of rotatable bonds is 4. The van der Waals surface area contributed by atoms with Gasteiger partial charge < -0.3 is 15.8 Å². The van der Waals surface area contributed by atoms with Crippen LogP contribution in [-0.4, -0.2) is 12.5 Å². The molecule has 0 aliphatic carbocycles. The number of carbonyl (C=O) groups is 1. The molecule has 0 fully saturated rings. The van der Waals surface area contributed by atoms with Crippen LogP contribution in [0.2, 0.25) is 0 Å². The van der Waals surface area contributed by atoms with Crippen LogP contribution in [0.4, 0.5) is 11.4 Å². The molecule has 0 spiro atoms. The standard InChI is InChI=1S/C16H17BrN2O2/c1-10-4-3-5-14(18)16(10)19-15(20)9-21-12-6-7-13(17)11(2)8-12/h3-8H,9,18H2,1-2H3,(H,19,20). The fourth-order valence-electron chi connectivity index (χ4n) is 1.89. The Labute approximate surface area is 132 Å². The molecule has 0 saturated heterocycles. The van der Waals surface area contributed by atoms with E-state index >= 15 is 0 Å². The molecule has 21 heavy (non-hydrogen) atoms. The van der Waals surface area contributed by atoms with E-state index in [0.717, 1.165) is 15.6 Å². The number of hydrogen-bond acceptors (Lipinski definition) is 3. The summed E-state index contributed by atoms with van der Waals surface area (Å²) in [6.07, 6.45) is 0. The predicted octanol–water partition coefficient (Wildman–Crippen LogP) is 3.67. The number of amides is 1. The SMILES string of the molecule is Cc1cc(OCC(=O)Nc2c(C)cccc2N)ccc1Br. The Kier molecular flexibility index (Phi) is 4.85. The first-order chi connectivity index (χ1) is 9.97. The van der Waals surface area contributed by atoms with Crippen molar-refractivity contribution < 1.29 is 9.53 Å². The van der Waals surface area contributed by atoms with Crippen molar-refractivity contribution in [1.82, 2.24) is 0 Å². The van der Waals surface area contributed by atoms with E-state index in [9.17, 15) is 4.79 Å². The number of nitrogens with two attached hydrogens (primary N) is 1. The number of ether oxygens (including phenoxy) is 1. The van der Waals surface area contributed by atoms with E-state index in [0.29, 0.717) is 17.1 Å². The van der Waals surface area contributed by atoms with E-state index in [2.05, 4.69) is 21.2 Å². The van der Waals surface area contributed by atoms with Gasteiger partial charge in [-0.3, -0.25) is 4.79 Å². The number of para-hydroxylation sites is 1. The third-order valence-corrected chi connectivity index (χ3v) is 3.96. The molecule has 0 aliphatic rings. The Morgan fingerprint density at radius 1 is 1.24 bits per heavy atom. The van der Waals surface area contributed by atoms with Gasteiger partial charge in [0, 0.05) is 4.47 Å². The number of carbonyl (C=O) groups excluding carboxylic acids is 1. The molecule has 0 radical (unpaired) electrons. The van der Waals surface area contributed by atoms with Gasteiger partial charge in [0.15, 0.2) is 6.61 Å². The zero-order valence-electron chi connectivity index (χ0n) is 11.9. The monoisotopic (exact) mass is 348 g/mol. The highest BCUT2D eigenvalue weighted by molar-refractivity contribution is 9.10. The lowest BCUT2D eigenvalue weighted by Gasteiger charge is -2.12. The lowest BCUT2D eigenvalue weighted by molar-refractivity contribution is -0.118. The summed E-state index contributed by atoms with van der Waals surface area (Å²) < 4.78 is 6.49. The highest BCUT2D eigenvalue weighted by Gasteiger charge is 2.08. The molecule has 0 unspecified atom stereocenters. The van der Waals surface area contributed by atoms with Gasteiger partial charge in [-0.15, -0.1) is 0 Å². The van der Waals surface area contributed by atoms with Gasteiger partial charge in [0.25, 0.3) is 5.91 Å². The summed E-state index contributed by atoms with van der Waals surface area (Å²) in [5.74, 6) is 0.417. The largest absolute Gasteiger partial charge is 0.484 e. The van der Waals surface area contributed by atoms with Crippen LogP contribution in [0.25, 0.3) is 0 Å². The lowest BCUT2D eigenvalue weighted by Crippen LogP contribution is -2.21. The molecule has 3 N–H and O–H groups in total. The van der Waals surface area contributed by atoms with Gasteiger partial charge in [-0.05, 0) is 49.2 Å². The first-order valence-corrected chi connectivity index (χ1v) is 7.30. The van der Waals surface area contributed by atoms with Gasteiger partial charge in [0.2, 0.25) is 0 Å². The van der Waals surface area contributed by atoms with Crippen LogP contribution in [0.5, 0.6) is 5.75 Å². The first kappa shape index (κ1) is 15.4. The van der Waals surface area contributed by atoms with Crippen LogP contribution < -0.4 is 15.8 Å². The lowest BCUT2D eigenvalue weighted by atomic mass is 10.1. The quantitative estimate of drug-likeness (QED) is 0.828. The second-order valence-electron chi connectivity index (χ2n) is 4.79. The van der Waals surface area contributed by atoms with Crippen molar-refractivity contribution >= 4 is 33.2 Å². The topological polar surface area (TPSA) is 64.3 Å². The summed E-state index contributed by atoms with van der Waals surface area (Å²) in [7, 11) is 0. The van der Waals surface area contributed by atoms with Crippen LogP contribution in [-0.2, 0) is 4.79 Å². The zero-order valence-corrected chi connectivity index (χ0v) is 13.5. The van der Waals surface area contributed by atoms with Crippen molar-refractivity contribution in [1.29, 1.82) is 0 Å². The smallest absolute Gasteiger partial charge is 0.262 e. The van der Waals surface area contributed by atoms with E-state index < -0.39 is 0 Å². The fourth-order valence-corrected chi connectivity index (χ4v) is 2.14. The van der Waals surface area contributed by atoms with Gasteiger partial charge in [-0.1, -0.05) is 28.1 Å². The van der Waals surface area contributed by atoms with Crippen LogP contribution in [0.15, 0.2) is 40.9 Å². The van der Waals surface area contributed by atoms with E-state index in [1.54, 1.807) is 6.07 Å². The number of nitrogen functional groups attached to an aromatic ring is 1. The van der Waals surface area contributed by atoms with Crippen LogP contribution in [0, 0.1) is 13.8 Å². The number of benzene rings is 2. The van der Waals surface area contributed by atoms with Crippen molar-refractivity contribution in [2.24, 2.45) is 0 Å². The highest BCUT2D eigenvalue weighted by Crippen LogP contribution is 2.23. The molecule has 1 amide bonds. The van der Waals surface area contributed by atoms with Crippen molar-refractivity contribution in [2.75, 3.05) is 17.7 Å². The molecule has 0 saturated carbocycles. The molecule has 4 nitrogen and oxygen atoms in total. The number of halogens is 1. The predicted molar refractivity (Wildman–Crippen MR) is 88.6 cm³/mol. The molecule has 0 aliphatic heterocycles. The third-order valence-electron chi connectivity index (χ3n) is 3.07. The summed E-state index contributed by atoms with van der Waals surface area (Å²) >= 11 is 3.42. The van der Waals surface area contributed by atoms with E-state index in [4.69, 9.17) is 10.5 Å². The molecular formula is C16H17BrN2O2. The average molecular weight is 349 g/mol. The van der Waals surface area contributed by atoms with Crippen molar-refractivity contribution in [3.63, 3.8) is 0 Å². The van der Waals surface area contributed by atoms with Crippen LogP contribution in [0.3, 0.4) is 0 Å². The van der Waals surface area contributed by atoms with Gasteiger partial charge in [-0.25, -0.2) is 0 Å². The molecule has 2 rings (SSSR count). The maximum atomic E-state index is 11.9. The average Bonchev–Trinajstić information content (AvgIpc) is 2.44. The number of aryl methyl sites for hydroxylation is 2. The summed E-state index contributed by atoms with van der Waals surface area (Å²) in [6.45, 7) is 3.80. The molecule has 2 aromatic rings. The van der Waals surface area contributed by atoms with Crippen molar-refractivity contribution in [2.45, 2.75) is 13.8 Å². The van der Waals surface area contributed by atoms with Crippen molar-refractivity contribution in [3.8, 4) is 5.75 Å². The van der Waals surface area contributed by atoms with Gasteiger partial charge >= 0.3 is 0 Å².